The molecule has 4 aliphatic rings. The fourth-order valence-corrected chi connectivity index (χ4v) is 8.94. The Morgan fingerprint density at radius 2 is 1.93 bits per heavy atom. The molecule has 154 valence electrons. The highest BCUT2D eigenvalue weighted by atomic mass is 32.2. The maximum absolute atomic E-state index is 13.5. The van der Waals surface area contributed by atoms with Gasteiger partial charge in [-0.15, -0.1) is 0 Å². The van der Waals surface area contributed by atoms with E-state index in [1.54, 1.807) is 13.8 Å². The van der Waals surface area contributed by atoms with E-state index in [4.69, 9.17) is 4.74 Å². The molecule has 2 bridgehead atoms. The third kappa shape index (κ3) is 2.36. The van der Waals surface area contributed by atoms with Crippen molar-refractivity contribution in [3.8, 4) is 0 Å². The van der Waals surface area contributed by atoms with Crippen LogP contribution >= 0.6 is 0 Å². The quantitative estimate of drug-likeness (QED) is 0.732. The zero-order valence-electron chi connectivity index (χ0n) is 16.6. The highest BCUT2D eigenvalue weighted by Gasteiger charge is 2.73. The molecule has 0 aromatic heterocycles. The predicted octanol–water partition coefficient (Wildman–Crippen LogP) is 1.03. The molecule has 2 saturated heterocycles. The Morgan fingerprint density at radius 1 is 1.26 bits per heavy atom. The number of rotatable bonds is 3. The van der Waals surface area contributed by atoms with E-state index in [9.17, 15) is 23.4 Å². The fraction of sp³-hybridized carbons (Fsp3) is 0.947. The molecule has 5 atom stereocenters. The van der Waals surface area contributed by atoms with Crippen LogP contribution in [0.3, 0.4) is 0 Å². The summed E-state index contributed by atoms with van der Waals surface area (Å²) in [6.45, 7) is 6.86. The maximum atomic E-state index is 13.5. The number of fused-ring (bicyclic) bond motifs is 1. The molecule has 8 heteroatoms. The second kappa shape index (κ2) is 5.46. The maximum Gasteiger partial charge on any atom is 0.270 e. The summed E-state index contributed by atoms with van der Waals surface area (Å²) < 4.78 is 33.1. The first kappa shape index (κ1) is 19.6. The van der Waals surface area contributed by atoms with Gasteiger partial charge in [0, 0.05) is 5.41 Å². The standard InChI is InChI=1S/C19H31NO6S/c1-16(2)12-5-7-18(16)11-27(24,25)20(13(18)9-12)15(22)19(10-21)8-6-14(26-19)17(3,4)23/h12-14,21,23H,5-11H2,1-4H3/t12-,13-,14-,18-,19+/m0/s1. The Balaban J connectivity index is 1.70. The van der Waals surface area contributed by atoms with Gasteiger partial charge in [-0.2, -0.15) is 0 Å². The van der Waals surface area contributed by atoms with E-state index in [0.29, 0.717) is 18.8 Å². The zero-order valence-corrected chi connectivity index (χ0v) is 17.4. The van der Waals surface area contributed by atoms with Crippen LogP contribution in [0.5, 0.6) is 0 Å². The van der Waals surface area contributed by atoms with Crippen LogP contribution in [0.2, 0.25) is 0 Å². The lowest BCUT2D eigenvalue weighted by atomic mass is 9.69. The van der Waals surface area contributed by atoms with Gasteiger partial charge in [-0.3, -0.25) is 4.79 Å². The van der Waals surface area contributed by atoms with Gasteiger partial charge in [0.15, 0.2) is 5.60 Å². The van der Waals surface area contributed by atoms with Crippen molar-refractivity contribution in [3.63, 3.8) is 0 Å². The van der Waals surface area contributed by atoms with Crippen LogP contribution in [0.25, 0.3) is 0 Å². The molecule has 0 unspecified atom stereocenters. The van der Waals surface area contributed by atoms with Gasteiger partial charge in [-0.1, -0.05) is 13.8 Å². The van der Waals surface area contributed by atoms with Crippen LogP contribution in [-0.4, -0.2) is 64.6 Å². The number of ether oxygens (including phenoxy) is 1. The summed E-state index contributed by atoms with van der Waals surface area (Å²) in [6, 6.07) is -0.350. The van der Waals surface area contributed by atoms with Gasteiger partial charge in [0.05, 0.1) is 30.1 Å². The molecule has 0 aromatic rings. The van der Waals surface area contributed by atoms with Gasteiger partial charge in [-0.05, 0) is 57.3 Å². The third-order valence-electron chi connectivity index (χ3n) is 8.22. The normalized spacial score (nSPS) is 44.7. The monoisotopic (exact) mass is 401 g/mol. The van der Waals surface area contributed by atoms with Crippen molar-refractivity contribution in [3.05, 3.63) is 0 Å². The lowest BCUT2D eigenvalue weighted by Crippen LogP contribution is -2.56. The highest BCUT2D eigenvalue weighted by Crippen LogP contribution is 2.70. The van der Waals surface area contributed by atoms with Crippen LogP contribution in [0.1, 0.15) is 59.8 Å². The van der Waals surface area contributed by atoms with Crippen LogP contribution in [0, 0.1) is 16.7 Å². The summed E-state index contributed by atoms with van der Waals surface area (Å²) in [5, 5.41) is 20.3. The van der Waals surface area contributed by atoms with E-state index in [1.807, 2.05) is 0 Å². The molecule has 2 aliphatic heterocycles. The average Bonchev–Trinajstić information content (AvgIpc) is 3.21. The molecule has 4 fully saturated rings. The molecule has 27 heavy (non-hydrogen) atoms. The van der Waals surface area contributed by atoms with Gasteiger partial charge < -0.3 is 14.9 Å². The minimum absolute atomic E-state index is 0.00363. The molecule has 2 N–H and O–H groups in total. The number of hydrogen-bond acceptors (Lipinski definition) is 6. The molecule has 4 rings (SSSR count). The first-order chi connectivity index (χ1) is 12.3. The van der Waals surface area contributed by atoms with Crippen molar-refractivity contribution in [2.45, 2.75) is 83.1 Å². The van der Waals surface area contributed by atoms with Gasteiger partial charge in [0.1, 0.15) is 0 Å². The number of sulfonamides is 1. The second-order valence-corrected chi connectivity index (χ2v) is 12.0. The molecule has 2 heterocycles. The summed E-state index contributed by atoms with van der Waals surface area (Å²) in [5.41, 5.74) is -3.29. The SMILES string of the molecule is CC(C)(O)[C@@H]1CC[C@@](CO)(C(=O)N2[C@H]3C[C@@H]4CC[C@@]3(CS2(=O)=O)C4(C)C)O1. The number of aliphatic hydroxyl groups is 2. The molecule has 0 radical (unpaired) electrons. The van der Waals surface area contributed by atoms with E-state index >= 15 is 0 Å². The van der Waals surface area contributed by atoms with Crippen molar-refractivity contribution < 1.29 is 28.2 Å². The zero-order chi connectivity index (χ0) is 20.0. The average molecular weight is 402 g/mol. The van der Waals surface area contributed by atoms with Crippen molar-refractivity contribution in [1.82, 2.24) is 4.31 Å². The first-order valence-corrected chi connectivity index (χ1v) is 11.5. The Labute approximate surface area is 161 Å². The Hall–Kier alpha value is -0.700. The minimum Gasteiger partial charge on any atom is -0.393 e. The van der Waals surface area contributed by atoms with Crippen LogP contribution in [0.15, 0.2) is 0 Å². The minimum atomic E-state index is -3.77. The third-order valence-corrected chi connectivity index (χ3v) is 10.1. The van der Waals surface area contributed by atoms with Crippen LogP contribution in [0.4, 0.5) is 0 Å². The van der Waals surface area contributed by atoms with Crippen LogP contribution < -0.4 is 0 Å². The molecule has 1 amide bonds. The van der Waals surface area contributed by atoms with Gasteiger partial charge >= 0.3 is 0 Å². The van der Waals surface area contributed by atoms with Crippen molar-refractivity contribution in [2.75, 3.05) is 12.4 Å². The topological polar surface area (TPSA) is 104 Å². The number of nitrogens with zero attached hydrogens (tertiary/aromatic N) is 1. The molecular formula is C19H31NO6S. The molecule has 1 spiro atoms. The Bertz CT molecular complexity index is 772. The number of hydrogen-bond donors (Lipinski definition) is 2. The summed E-state index contributed by atoms with van der Waals surface area (Å²) in [7, 11) is -3.77. The van der Waals surface area contributed by atoms with E-state index < -0.39 is 45.3 Å². The summed E-state index contributed by atoms with van der Waals surface area (Å²) in [4.78, 5) is 13.5. The molecule has 2 saturated carbocycles. The molecule has 2 aliphatic carbocycles. The van der Waals surface area contributed by atoms with Crippen molar-refractivity contribution >= 4 is 15.9 Å². The second-order valence-electron chi connectivity index (χ2n) is 10.2. The summed E-state index contributed by atoms with van der Waals surface area (Å²) >= 11 is 0. The summed E-state index contributed by atoms with van der Waals surface area (Å²) in [5.74, 6) is -0.245. The highest BCUT2D eigenvalue weighted by molar-refractivity contribution is 7.90. The van der Waals surface area contributed by atoms with E-state index in [-0.39, 0.29) is 23.6 Å². The fourth-order valence-electron chi connectivity index (χ4n) is 6.35. The first-order valence-electron chi connectivity index (χ1n) is 9.88. The number of carbonyl (C=O) groups is 1. The molecule has 0 aromatic carbocycles. The number of carbonyl (C=O) groups excluding carboxylic acids is 1. The van der Waals surface area contributed by atoms with Gasteiger partial charge in [-0.25, -0.2) is 12.7 Å². The Kier molecular flexibility index (Phi) is 3.97. The van der Waals surface area contributed by atoms with Crippen molar-refractivity contribution in [2.24, 2.45) is 16.7 Å². The van der Waals surface area contributed by atoms with Crippen molar-refractivity contribution in [1.29, 1.82) is 0 Å². The van der Waals surface area contributed by atoms with Crippen LogP contribution in [-0.2, 0) is 19.6 Å². The number of amides is 1. The lowest BCUT2D eigenvalue weighted by Gasteiger charge is -2.39. The lowest BCUT2D eigenvalue weighted by molar-refractivity contribution is -0.172. The molecule has 7 nitrogen and oxygen atoms in total. The molecular weight excluding hydrogens is 370 g/mol. The van der Waals surface area contributed by atoms with Gasteiger partial charge in [0.25, 0.3) is 5.91 Å². The Morgan fingerprint density at radius 3 is 2.44 bits per heavy atom. The van der Waals surface area contributed by atoms with E-state index in [1.165, 1.54) is 0 Å². The number of aliphatic hydroxyl groups excluding tert-OH is 1. The summed E-state index contributed by atoms with van der Waals surface area (Å²) in [6.07, 6.45) is 2.49. The smallest absolute Gasteiger partial charge is 0.270 e. The van der Waals surface area contributed by atoms with E-state index in [0.717, 1.165) is 17.1 Å². The van der Waals surface area contributed by atoms with E-state index in [2.05, 4.69) is 13.8 Å². The van der Waals surface area contributed by atoms with Gasteiger partial charge in [0.2, 0.25) is 10.0 Å². The largest absolute Gasteiger partial charge is 0.393 e. The predicted molar refractivity (Wildman–Crippen MR) is 98.2 cm³/mol.